The van der Waals surface area contributed by atoms with Gasteiger partial charge in [0.2, 0.25) is 0 Å². The lowest BCUT2D eigenvalue weighted by molar-refractivity contribution is 0.0730. The molecule has 1 aliphatic rings. The van der Waals surface area contributed by atoms with Crippen LogP contribution in [0.4, 0.5) is 0 Å². The Morgan fingerprint density at radius 3 is 2.37 bits per heavy atom. The number of fused-ring (bicyclic) bond motifs is 1. The Hall–Kier alpha value is -3.37. The van der Waals surface area contributed by atoms with Crippen LogP contribution in [-0.4, -0.2) is 21.0 Å². The van der Waals surface area contributed by atoms with Gasteiger partial charge in [-0.25, -0.2) is 0 Å². The summed E-state index contributed by atoms with van der Waals surface area (Å²) < 4.78 is 0. The number of hydrogen-bond acceptors (Lipinski definition) is 2. The molecule has 148 valence electrons. The number of aromatic nitrogens is 2. The Morgan fingerprint density at radius 2 is 1.67 bits per heavy atom. The summed E-state index contributed by atoms with van der Waals surface area (Å²) in [4.78, 5) is 15.3. The number of H-pyrrole nitrogens is 1. The van der Waals surface area contributed by atoms with Crippen LogP contribution < -0.4 is 0 Å². The van der Waals surface area contributed by atoms with Crippen molar-refractivity contribution in [2.45, 2.75) is 19.5 Å². The Bertz CT molecular complexity index is 1200. The molecule has 0 fully saturated rings. The molecular formula is C25H20ClN3O. The number of aryl methyl sites for hydroxylation is 1. The second-order valence-electron chi connectivity index (χ2n) is 7.60. The van der Waals surface area contributed by atoms with E-state index in [4.69, 9.17) is 11.6 Å². The molecule has 0 aliphatic carbocycles. The quantitative estimate of drug-likeness (QED) is 0.460. The molecular weight excluding hydrogens is 394 g/mol. The zero-order valence-corrected chi connectivity index (χ0v) is 17.2. The van der Waals surface area contributed by atoms with Crippen LogP contribution in [0.3, 0.4) is 0 Å². The van der Waals surface area contributed by atoms with E-state index in [1.807, 2.05) is 59.5 Å². The lowest BCUT2D eigenvalue weighted by atomic mass is 9.95. The van der Waals surface area contributed by atoms with E-state index in [1.54, 1.807) is 0 Å². The summed E-state index contributed by atoms with van der Waals surface area (Å²) in [7, 11) is 0. The maximum absolute atomic E-state index is 13.4. The molecule has 0 spiro atoms. The largest absolute Gasteiger partial charge is 0.322 e. The maximum Gasteiger partial charge on any atom is 0.273 e. The first kappa shape index (κ1) is 18.6. The van der Waals surface area contributed by atoms with Crippen LogP contribution >= 0.6 is 11.6 Å². The molecule has 5 heteroatoms. The molecule has 0 saturated heterocycles. The number of halogens is 1. The lowest BCUT2D eigenvalue weighted by Gasteiger charge is -2.26. The first-order valence-corrected chi connectivity index (χ1v) is 10.3. The third kappa shape index (κ3) is 3.19. The highest BCUT2D eigenvalue weighted by Gasteiger charge is 2.42. The molecule has 30 heavy (non-hydrogen) atoms. The number of hydrogen-bond donors (Lipinski definition) is 1. The fourth-order valence-electron chi connectivity index (χ4n) is 4.06. The van der Waals surface area contributed by atoms with Crippen LogP contribution in [0.2, 0.25) is 5.02 Å². The number of amides is 1. The van der Waals surface area contributed by atoms with Gasteiger partial charge in [-0.15, -0.1) is 0 Å². The third-order valence-electron chi connectivity index (χ3n) is 5.57. The highest BCUT2D eigenvalue weighted by molar-refractivity contribution is 6.30. The van der Waals surface area contributed by atoms with Crippen molar-refractivity contribution < 1.29 is 4.79 Å². The number of aromatic amines is 1. The zero-order chi connectivity index (χ0) is 20.7. The van der Waals surface area contributed by atoms with Gasteiger partial charge in [0.15, 0.2) is 0 Å². The minimum Gasteiger partial charge on any atom is -0.322 e. The summed E-state index contributed by atoms with van der Waals surface area (Å²) in [6, 6.07) is 25.8. The predicted octanol–water partition coefficient (Wildman–Crippen LogP) is 5.78. The molecule has 5 rings (SSSR count). The smallest absolute Gasteiger partial charge is 0.273 e. The molecule has 1 aliphatic heterocycles. The Kier molecular flexibility index (Phi) is 4.64. The van der Waals surface area contributed by atoms with Crippen molar-refractivity contribution in [3.05, 3.63) is 112 Å². The van der Waals surface area contributed by atoms with Gasteiger partial charge in [0.25, 0.3) is 5.91 Å². The second kappa shape index (κ2) is 7.47. The summed E-state index contributed by atoms with van der Waals surface area (Å²) in [6.07, 6.45) is 0. The molecule has 1 aromatic heterocycles. The van der Waals surface area contributed by atoms with E-state index in [9.17, 15) is 4.79 Å². The van der Waals surface area contributed by atoms with E-state index in [0.29, 0.717) is 17.3 Å². The number of benzene rings is 3. The topological polar surface area (TPSA) is 49.0 Å². The molecule has 3 aromatic carbocycles. The minimum absolute atomic E-state index is 0.0351. The molecule has 4 nitrogen and oxygen atoms in total. The number of nitrogens with zero attached hydrogens (tertiary/aromatic N) is 2. The highest BCUT2D eigenvalue weighted by atomic mass is 35.5. The Morgan fingerprint density at radius 1 is 0.967 bits per heavy atom. The molecule has 1 amide bonds. The summed E-state index contributed by atoms with van der Waals surface area (Å²) in [6.45, 7) is 2.59. The predicted molar refractivity (Wildman–Crippen MR) is 118 cm³/mol. The number of carbonyl (C=O) groups excluding carboxylic acids is 1. The number of nitrogens with one attached hydrogen (secondary N) is 1. The number of carbonyl (C=O) groups is 1. The van der Waals surface area contributed by atoms with E-state index in [2.05, 4.69) is 41.4 Å². The monoisotopic (exact) mass is 413 g/mol. The molecule has 1 N–H and O–H groups in total. The fraction of sp³-hybridized carbons (Fsp3) is 0.120. The van der Waals surface area contributed by atoms with E-state index in [1.165, 1.54) is 5.56 Å². The zero-order valence-electron chi connectivity index (χ0n) is 16.5. The molecule has 2 heterocycles. The minimum atomic E-state index is -0.210. The van der Waals surface area contributed by atoms with E-state index in [0.717, 1.165) is 27.9 Å². The average molecular weight is 414 g/mol. The lowest BCUT2D eigenvalue weighted by Crippen LogP contribution is -2.29. The van der Waals surface area contributed by atoms with E-state index < -0.39 is 0 Å². The van der Waals surface area contributed by atoms with Gasteiger partial charge in [0.1, 0.15) is 5.69 Å². The summed E-state index contributed by atoms with van der Waals surface area (Å²) in [5, 5.41) is 8.18. The van der Waals surface area contributed by atoms with Gasteiger partial charge >= 0.3 is 0 Å². The average Bonchev–Trinajstić information content (AvgIpc) is 3.30. The summed E-state index contributed by atoms with van der Waals surface area (Å²) >= 11 is 6.08. The molecule has 4 aromatic rings. The van der Waals surface area contributed by atoms with Crippen molar-refractivity contribution in [3.63, 3.8) is 0 Å². The van der Waals surface area contributed by atoms with Crippen molar-refractivity contribution in [2.75, 3.05) is 0 Å². The Balaban J connectivity index is 1.64. The molecule has 0 radical (unpaired) electrons. The third-order valence-corrected chi connectivity index (χ3v) is 5.82. The number of rotatable bonds is 4. The molecule has 0 saturated carbocycles. The van der Waals surface area contributed by atoms with Gasteiger partial charge in [0, 0.05) is 22.7 Å². The summed E-state index contributed by atoms with van der Waals surface area (Å²) in [5.74, 6) is -0.0351. The fourth-order valence-corrected chi connectivity index (χ4v) is 4.19. The van der Waals surface area contributed by atoms with Crippen LogP contribution in [0.15, 0.2) is 78.9 Å². The maximum atomic E-state index is 13.4. The van der Waals surface area contributed by atoms with Crippen LogP contribution in [0, 0.1) is 6.92 Å². The summed E-state index contributed by atoms with van der Waals surface area (Å²) in [5.41, 5.74) is 6.54. The molecule has 1 atom stereocenters. The van der Waals surface area contributed by atoms with Gasteiger partial charge < -0.3 is 4.90 Å². The van der Waals surface area contributed by atoms with Gasteiger partial charge in [-0.3, -0.25) is 9.89 Å². The van der Waals surface area contributed by atoms with Gasteiger partial charge in [-0.05, 0) is 30.2 Å². The standard InChI is InChI=1S/C25H20ClN3O/c1-16-7-9-19(10-8-16)24-21-22(18-11-13-20(26)14-12-18)27-28-23(21)25(30)29(24)15-17-5-3-2-4-6-17/h2-14,24H,15H2,1H3,(H,27,28). The van der Waals surface area contributed by atoms with Crippen molar-refractivity contribution in [1.82, 2.24) is 15.1 Å². The Labute approximate surface area is 180 Å². The van der Waals surface area contributed by atoms with Crippen molar-refractivity contribution in [3.8, 4) is 11.3 Å². The van der Waals surface area contributed by atoms with Crippen molar-refractivity contribution in [2.24, 2.45) is 0 Å². The SMILES string of the molecule is Cc1ccc(C2c3c(-c4ccc(Cl)cc4)n[nH]c3C(=O)N2Cc2ccccc2)cc1. The molecule has 0 bridgehead atoms. The van der Waals surface area contributed by atoms with Crippen LogP contribution in [0.5, 0.6) is 0 Å². The van der Waals surface area contributed by atoms with Gasteiger partial charge in [0.05, 0.1) is 11.7 Å². The molecule has 1 unspecified atom stereocenters. The van der Waals surface area contributed by atoms with E-state index in [-0.39, 0.29) is 11.9 Å². The second-order valence-corrected chi connectivity index (χ2v) is 8.04. The first-order chi connectivity index (χ1) is 14.6. The highest BCUT2D eigenvalue weighted by Crippen LogP contribution is 2.43. The van der Waals surface area contributed by atoms with Crippen LogP contribution in [0.1, 0.15) is 38.8 Å². The van der Waals surface area contributed by atoms with Crippen LogP contribution in [0.25, 0.3) is 11.3 Å². The van der Waals surface area contributed by atoms with E-state index >= 15 is 0 Å². The van der Waals surface area contributed by atoms with Gasteiger partial charge in [-0.2, -0.15) is 5.10 Å². The van der Waals surface area contributed by atoms with Crippen molar-refractivity contribution in [1.29, 1.82) is 0 Å². The van der Waals surface area contributed by atoms with Gasteiger partial charge in [-0.1, -0.05) is 83.9 Å². The van der Waals surface area contributed by atoms with Crippen LogP contribution in [-0.2, 0) is 6.54 Å². The first-order valence-electron chi connectivity index (χ1n) is 9.87. The van der Waals surface area contributed by atoms with Crippen molar-refractivity contribution >= 4 is 17.5 Å². The normalized spacial score (nSPS) is 15.5.